The fourth-order valence-electron chi connectivity index (χ4n) is 3.52. The van der Waals surface area contributed by atoms with Crippen LogP contribution in [0.1, 0.15) is 64.2 Å². The van der Waals surface area contributed by atoms with Crippen LogP contribution in [0.3, 0.4) is 0 Å². The highest BCUT2D eigenvalue weighted by Gasteiger charge is 2.27. The standard InChI is InChI=1S/C19H32O2S2/c20-19(21)12-8-4-1-5-9-16-13-22-14-17(16)15-23-18-10-6-2-3-7-11-18/h1,5,16-18H,2-4,6-15H2,(H,20,21)/t16-,17-/m0/s1. The Morgan fingerprint density at radius 1 is 1.09 bits per heavy atom. The number of carbonyl (C=O) groups is 1. The van der Waals surface area contributed by atoms with Gasteiger partial charge >= 0.3 is 5.97 Å². The molecule has 4 heteroatoms. The second kappa shape index (κ2) is 11.5. The van der Waals surface area contributed by atoms with Crippen molar-refractivity contribution >= 4 is 29.5 Å². The summed E-state index contributed by atoms with van der Waals surface area (Å²) < 4.78 is 0. The number of thioether (sulfide) groups is 2. The van der Waals surface area contributed by atoms with E-state index in [2.05, 4.69) is 35.7 Å². The van der Waals surface area contributed by atoms with Crippen molar-refractivity contribution in [2.75, 3.05) is 17.3 Å². The third-order valence-electron chi connectivity index (χ3n) is 5.05. The Hall–Kier alpha value is -0.0900. The summed E-state index contributed by atoms with van der Waals surface area (Å²) in [6, 6.07) is 0. The molecule has 1 saturated carbocycles. The summed E-state index contributed by atoms with van der Waals surface area (Å²) in [5, 5.41) is 9.56. The van der Waals surface area contributed by atoms with Gasteiger partial charge in [-0.2, -0.15) is 23.5 Å². The van der Waals surface area contributed by atoms with Gasteiger partial charge in [0, 0.05) is 11.7 Å². The normalized spacial score (nSPS) is 26.6. The molecule has 2 aliphatic rings. The summed E-state index contributed by atoms with van der Waals surface area (Å²) in [5.41, 5.74) is 0. The molecular formula is C19H32O2S2. The number of carboxylic acids is 1. The first-order valence-electron chi connectivity index (χ1n) is 9.32. The van der Waals surface area contributed by atoms with Crippen LogP contribution in [0.4, 0.5) is 0 Å². The lowest BCUT2D eigenvalue weighted by Gasteiger charge is -2.20. The maximum atomic E-state index is 10.5. The van der Waals surface area contributed by atoms with E-state index in [4.69, 9.17) is 5.11 Å². The van der Waals surface area contributed by atoms with E-state index < -0.39 is 5.97 Å². The van der Waals surface area contributed by atoms with Crippen molar-refractivity contribution in [3.8, 4) is 0 Å². The van der Waals surface area contributed by atoms with E-state index in [-0.39, 0.29) is 0 Å². The zero-order valence-corrected chi connectivity index (χ0v) is 15.9. The predicted octanol–water partition coefficient (Wildman–Crippen LogP) is 5.62. The predicted molar refractivity (Wildman–Crippen MR) is 103 cm³/mol. The molecule has 0 bridgehead atoms. The van der Waals surface area contributed by atoms with Crippen molar-refractivity contribution in [1.29, 1.82) is 0 Å². The number of hydrogen-bond acceptors (Lipinski definition) is 3. The Kier molecular flexibility index (Phi) is 9.59. The molecular weight excluding hydrogens is 324 g/mol. The molecule has 0 aromatic carbocycles. The van der Waals surface area contributed by atoms with E-state index in [1.807, 2.05) is 0 Å². The Balaban J connectivity index is 1.62. The van der Waals surface area contributed by atoms with E-state index in [0.717, 1.165) is 29.9 Å². The number of aliphatic carboxylic acids is 1. The van der Waals surface area contributed by atoms with Gasteiger partial charge in [-0.3, -0.25) is 4.79 Å². The zero-order chi connectivity index (χ0) is 16.3. The van der Waals surface area contributed by atoms with Crippen molar-refractivity contribution in [2.45, 2.75) is 69.5 Å². The van der Waals surface area contributed by atoms with E-state index in [1.54, 1.807) is 0 Å². The van der Waals surface area contributed by atoms with Gasteiger partial charge in [0.25, 0.3) is 0 Å². The molecule has 0 radical (unpaired) electrons. The molecule has 132 valence electrons. The zero-order valence-electron chi connectivity index (χ0n) is 14.3. The number of hydrogen-bond donors (Lipinski definition) is 1. The smallest absolute Gasteiger partial charge is 0.303 e. The highest BCUT2D eigenvalue weighted by Crippen LogP contribution is 2.37. The fraction of sp³-hybridized carbons (Fsp3) is 0.842. The van der Waals surface area contributed by atoms with Crippen LogP contribution in [-0.4, -0.2) is 33.6 Å². The molecule has 0 amide bonds. The van der Waals surface area contributed by atoms with Gasteiger partial charge in [-0.15, -0.1) is 0 Å². The van der Waals surface area contributed by atoms with Crippen molar-refractivity contribution in [3.05, 3.63) is 12.2 Å². The summed E-state index contributed by atoms with van der Waals surface area (Å²) in [6.07, 6.45) is 16.3. The highest BCUT2D eigenvalue weighted by atomic mass is 32.2. The van der Waals surface area contributed by atoms with Gasteiger partial charge in [0.2, 0.25) is 0 Å². The van der Waals surface area contributed by atoms with Crippen LogP contribution in [0.15, 0.2) is 12.2 Å². The van der Waals surface area contributed by atoms with Gasteiger partial charge in [-0.25, -0.2) is 0 Å². The first-order valence-corrected chi connectivity index (χ1v) is 11.5. The molecule has 23 heavy (non-hydrogen) atoms. The molecule has 1 aliphatic heterocycles. The molecule has 0 aromatic rings. The maximum Gasteiger partial charge on any atom is 0.303 e. The summed E-state index contributed by atoms with van der Waals surface area (Å²) in [7, 11) is 0. The minimum Gasteiger partial charge on any atom is -0.481 e. The molecule has 2 rings (SSSR count). The SMILES string of the molecule is O=C(O)CCCC=CC[C@H]1CSC[C@H]1CSC1CCCCCC1. The Labute approximate surface area is 150 Å². The minimum absolute atomic E-state index is 0.296. The molecule has 1 N–H and O–H groups in total. The molecule has 1 saturated heterocycles. The van der Waals surface area contributed by atoms with Crippen LogP contribution >= 0.6 is 23.5 Å². The third kappa shape index (κ3) is 8.02. The van der Waals surface area contributed by atoms with Crippen LogP contribution in [-0.2, 0) is 4.79 Å². The average Bonchev–Trinajstić information content (AvgIpc) is 2.81. The van der Waals surface area contributed by atoms with Gasteiger partial charge in [0.15, 0.2) is 0 Å². The average molecular weight is 357 g/mol. The Morgan fingerprint density at radius 3 is 2.57 bits per heavy atom. The summed E-state index contributed by atoms with van der Waals surface area (Å²) >= 11 is 4.39. The summed E-state index contributed by atoms with van der Waals surface area (Å²) in [6.45, 7) is 0. The highest BCUT2D eigenvalue weighted by molar-refractivity contribution is 8.00. The summed E-state index contributed by atoms with van der Waals surface area (Å²) in [5.74, 6) is 5.06. The molecule has 2 nitrogen and oxygen atoms in total. The van der Waals surface area contributed by atoms with E-state index >= 15 is 0 Å². The van der Waals surface area contributed by atoms with Crippen LogP contribution in [0.2, 0.25) is 0 Å². The Bertz CT molecular complexity index is 362. The topological polar surface area (TPSA) is 37.3 Å². The van der Waals surface area contributed by atoms with Crippen LogP contribution in [0.5, 0.6) is 0 Å². The monoisotopic (exact) mass is 356 g/mol. The first kappa shape index (κ1) is 19.2. The van der Waals surface area contributed by atoms with Crippen LogP contribution in [0.25, 0.3) is 0 Å². The van der Waals surface area contributed by atoms with Gasteiger partial charge in [0.1, 0.15) is 0 Å². The number of unbranched alkanes of at least 4 members (excludes halogenated alkanes) is 1. The lowest BCUT2D eigenvalue weighted by molar-refractivity contribution is -0.137. The van der Waals surface area contributed by atoms with Crippen LogP contribution in [0, 0.1) is 11.8 Å². The molecule has 1 aliphatic carbocycles. The van der Waals surface area contributed by atoms with Crippen LogP contribution < -0.4 is 0 Å². The number of allylic oxidation sites excluding steroid dienone is 2. The molecule has 0 unspecified atom stereocenters. The number of rotatable bonds is 9. The van der Waals surface area contributed by atoms with Crippen molar-refractivity contribution in [2.24, 2.45) is 11.8 Å². The first-order chi connectivity index (χ1) is 11.3. The fourth-order valence-corrected chi connectivity index (χ4v) is 6.78. The molecule has 2 atom stereocenters. The van der Waals surface area contributed by atoms with E-state index in [9.17, 15) is 4.79 Å². The van der Waals surface area contributed by atoms with Gasteiger partial charge < -0.3 is 5.11 Å². The second-order valence-corrected chi connectivity index (χ2v) is 9.41. The quantitative estimate of drug-likeness (QED) is 0.330. The third-order valence-corrected chi connectivity index (χ3v) is 7.94. The lowest BCUT2D eigenvalue weighted by Crippen LogP contribution is -2.16. The maximum absolute atomic E-state index is 10.5. The summed E-state index contributed by atoms with van der Waals surface area (Å²) in [4.78, 5) is 10.5. The van der Waals surface area contributed by atoms with Crippen molar-refractivity contribution < 1.29 is 9.90 Å². The number of carboxylic acid groups (broad SMARTS) is 1. The van der Waals surface area contributed by atoms with E-state index in [0.29, 0.717) is 6.42 Å². The molecule has 0 spiro atoms. The molecule has 1 heterocycles. The van der Waals surface area contributed by atoms with Crippen molar-refractivity contribution in [3.63, 3.8) is 0 Å². The van der Waals surface area contributed by atoms with Gasteiger partial charge in [-0.1, -0.05) is 37.8 Å². The van der Waals surface area contributed by atoms with Gasteiger partial charge in [0.05, 0.1) is 0 Å². The molecule has 2 fully saturated rings. The largest absolute Gasteiger partial charge is 0.481 e. The van der Waals surface area contributed by atoms with Gasteiger partial charge in [-0.05, 0) is 61.2 Å². The van der Waals surface area contributed by atoms with Crippen molar-refractivity contribution in [1.82, 2.24) is 0 Å². The minimum atomic E-state index is -0.679. The van der Waals surface area contributed by atoms with E-state index in [1.165, 1.54) is 62.2 Å². The molecule has 0 aromatic heterocycles. The Morgan fingerprint density at radius 2 is 1.83 bits per heavy atom. The second-order valence-electron chi connectivity index (χ2n) is 7.00. The lowest BCUT2D eigenvalue weighted by atomic mass is 9.94.